The largest absolute Gasteiger partial charge is 0.419 e. The standard InChI is InChI=1S/C17H11ClN2O3/c18-12-8-6-11(7-9-12)14(21)10-15-16(22)20(17(19)23-15)13-4-2-1-3-5-13/h1-10,19H/b15-10+,19-17?. The van der Waals surface area contributed by atoms with Gasteiger partial charge in [0.15, 0.2) is 5.78 Å². The molecule has 0 unspecified atom stereocenters. The Balaban J connectivity index is 1.87. The highest BCUT2D eigenvalue weighted by molar-refractivity contribution is 6.30. The van der Waals surface area contributed by atoms with Gasteiger partial charge in [-0.15, -0.1) is 0 Å². The Kier molecular flexibility index (Phi) is 3.95. The molecular weight excluding hydrogens is 316 g/mol. The van der Waals surface area contributed by atoms with Gasteiger partial charge in [0, 0.05) is 16.7 Å². The van der Waals surface area contributed by atoms with Gasteiger partial charge < -0.3 is 4.74 Å². The first kappa shape index (κ1) is 15.0. The van der Waals surface area contributed by atoms with E-state index in [1.807, 2.05) is 0 Å². The number of para-hydroxylation sites is 1. The van der Waals surface area contributed by atoms with Crippen molar-refractivity contribution >= 4 is 35.0 Å². The first-order chi connectivity index (χ1) is 11.1. The lowest BCUT2D eigenvalue weighted by Gasteiger charge is -2.11. The number of ether oxygens (including phenoxy) is 1. The van der Waals surface area contributed by atoms with E-state index in [0.29, 0.717) is 16.3 Å². The van der Waals surface area contributed by atoms with Crippen LogP contribution in [0.5, 0.6) is 0 Å². The third-order valence-corrected chi connectivity index (χ3v) is 3.48. The molecule has 5 nitrogen and oxygen atoms in total. The van der Waals surface area contributed by atoms with E-state index in [2.05, 4.69) is 0 Å². The van der Waals surface area contributed by atoms with Gasteiger partial charge in [0.25, 0.3) is 0 Å². The third kappa shape index (κ3) is 3.00. The molecule has 0 bridgehead atoms. The number of benzene rings is 2. The molecule has 1 N–H and O–H groups in total. The van der Waals surface area contributed by atoms with Crippen LogP contribution >= 0.6 is 11.6 Å². The summed E-state index contributed by atoms with van der Waals surface area (Å²) < 4.78 is 5.13. The molecule has 6 heteroatoms. The van der Waals surface area contributed by atoms with Gasteiger partial charge in [-0.25, -0.2) is 4.90 Å². The van der Waals surface area contributed by atoms with Crippen LogP contribution in [0.15, 0.2) is 66.4 Å². The molecule has 0 atom stereocenters. The quantitative estimate of drug-likeness (QED) is 0.694. The van der Waals surface area contributed by atoms with Gasteiger partial charge in [-0.1, -0.05) is 29.8 Å². The van der Waals surface area contributed by atoms with E-state index in [1.54, 1.807) is 54.6 Å². The van der Waals surface area contributed by atoms with Crippen LogP contribution in [0.25, 0.3) is 0 Å². The summed E-state index contributed by atoms with van der Waals surface area (Å²) in [6.07, 6.45) is 1.09. The number of nitrogens with zero attached hydrogens (tertiary/aromatic N) is 1. The average molecular weight is 327 g/mol. The molecule has 0 saturated carbocycles. The molecule has 1 saturated heterocycles. The first-order valence-corrected chi connectivity index (χ1v) is 7.11. The van der Waals surface area contributed by atoms with Crippen LogP contribution in [0.1, 0.15) is 10.4 Å². The molecule has 1 aliphatic rings. The Bertz CT molecular complexity index is 813. The fourth-order valence-corrected chi connectivity index (χ4v) is 2.24. The number of nitrogens with one attached hydrogen (secondary N) is 1. The molecule has 2 aromatic carbocycles. The number of ketones is 1. The highest BCUT2D eigenvalue weighted by Crippen LogP contribution is 2.24. The molecule has 114 valence electrons. The Morgan fingerprint density at radius 2 is 1.74 bits per heavy atom. The Morgan fingerprint density at radius 3 is 2.39 bits per heavy atom. The molecule has 0 aromatic heterocycles. The number of amides is 1. The number of halogens is 1. The second kappa shape index (κ2) is 6.06. The average Bonchev–Trinajstić information content (AvgIpc) is 2.82. The molecule has 3 rings (SSSR count). The van der Waals surface area contributed by atoms with E-state index in [9.17, 15) is 9.59 Å². The summed E-state index contributed by atoms with van der Waals surface area (Å²) >= 11 is 5.78. The lowest BCUT2D eigenvalue weighted by molar-refractivity contribution is -0.114. The summed E-state index contributed by atoms with van der Waals surface area (Å²) in [5.41, 5.74) is 0.882. The molecule has 1 fully saturated rings. The van der Waals surface area contributed by atoms with Gasteiger partial charge in [0.1, 0.15) is 0 Å². The number of hydrogen-bond donors (Lipinski definition) is 1. The van der Waals surface area contributed by atoms with Gasteiger partial charge in [0.05, 0.1) is 5.69 Å². The van der Waals surface area contributed by atoms with Gasteiger partial charge in [-0.05, 0) is 36.4 Å². The van der Waals surface area contributed by atoms with Crippen molar-refractivity contribution in [3.63, 3.8) is 0 Å². The summed E-state index contributed by atoms with van der Waals surface area (Å²) in [5.74, 6) is -1.13. The lowest BCUT2D eigenvalue weighted by Crippen LogP contribution is -2.28. The zero-order chi connectivity index (χ0) is 16.4. The second-order valence-electron chi connectivity index (χ2n) is 4.76. The van der Waals surface area contributed by atoms with Crippen LogP contribution < -0.4 is 4.90 Å². The van der Waals surface area contributed by atoms with Crippen molar-refractivity contribution in [2.45, 2.75) is 0 Å². The number of carbonyl (C=O) groups is 2. The SMILES string of the molecule is N=C1O/C(=C/C(=O)c2ccc(Cl)cc2)C(=O)N1c1ccccc1. The Hall–Kier alpha value is -2.92. The molecule has 0 spiro atoms. The minimum atomic E-state index is -0.552. The highest BCUT2D eigenvalue weighted by Gasteiger charge is 2.35. The van der Waals surface area contributed by atoms with Crippen molar-refractivity contribution in [2.24, 2.45) is 0 Å². The third-order valence-electron chi connectivity index (χ3n) is 3.23. The van der Waals surface area contributed by atoms with Crippen LogP contribution in [0.4, 0.5) is 5.69 Å². The van der Waals surface area contributed by atoms with Gasteiger partial charge in [-0.3, -0.25) is 15.0 Å². The highest BCUT2D eigenvalue weighted by atomic mass is 35.5. The molecular formula is C17H11ClN2O3. The number of allylic oxidation sites excluding steroid dienone is 1. The monoisotopic (exact) mass is 326 g/mol. The van der Waals surface area contributed by atoms with Crippen molar-refractivity contribution in [3.05, 3.63) is 77.0 Å². The number of rotatable bonds is 3. The maximum atomic E-state index is 12.4. The van der Waals surface area contributed by atoms with Crippen LogP contribution in [0, 0.1) is 5.41 Å². The summed E-state index contributed by atoms with van der Waals surface area (Å²) in [7, 11) is 0. The molecule has 1 aliphatic heterocycles. The van der Waals surface area contributed by atoms with E-state index in [0.717, 1.165) is 11.0 Å². The Morgan fingerprint density at radius 1 is 1.09 bits per heavy atom. The minimum Gasteiger partial charge on any atom is -0.419 e. The van der Waals surface area contributed by atoms with Crippen LogP contribution in [0.2, 0.25) is 5.02 Å². The summed E-state index contributed by atoms with van der Waals surface area (Å²) in [6, 6.07) is 14.6. The molecule has 2 aromatic rings. The predicted octanol–water partition coefficient (Wildman–Crippen LogP) is 3.40. The number of carbonyl (C=O) groups excluding carboxylic acids is 2. The topological polar surface area (TPSA) is 70.5 Å². The minimum absolute atomic E-state index is 0.182. The van der Waals surface area contributed by atoms with E-state index in [4.69, 9.17) is 21.7 Å². The maximum absolute atomic E-state index is 12.4. The maximum Gasteiger partial charge on any atom is 0.302 e. The van der Waals surface area contributed by atoms with Gasteiger partial charge in [0.2, 0.25) is 5.76 Å². The predicted molar refractivity (Wildman–Crippen MR) is 86.6 cm³/mol. The number of amidine groups is 1. The van der Waals surface area contributed by atoms with Crippen LogP contribution in [-0.2, 0) is 9.53 Å². The molecule has 1 heterocycles. The van der Waals surface area contributed by atoms with Gasteiger partial charge in [-0.2, -0.15) is 0 Å². The number of anilines is 1. The van der Waals surface area contributed by atoms with Crippen molar-refractivity contribution < 1.29 is 14.3 Å². The smallest absolute Gasteiger partial charge is 0.302 e. The van der Waals surface area contributed by atoms with Crippen molar-refractivity contribution in [3.8, 4) is 0 Å². The van der Waals surface area contributed by atoms with E-state index >= 15 is 0 Å². The van der Waals surface area contributed by atoms with E-state index in [1.165, 1.54) is 0 Å². The van der Waals surface area contributed by atoms with Crippen molar-refractivity contribution in [1.82, 2.24) is 0 Å². The summed E-state index contributed by atoms with van der Waals surface area (Å²) in [6.45, 7) is 0. The number of hydrogen-bond acceptors (Lipinski definition) is 4. The normalized spacial score (nSPS) is 15.9. The van der Waals surface area contributed by atoms with Crippen molar-refractivity contribution in [1.29, 1.82) is 5.41 Å². The van der Waals surface area contributed by atoms with Gasteiger partial charge >= 0.3 is 11.9 Å². The fraction of sp³-hybridized carbons (Fsp3) is 0. The van der Waals surface area contributed by atoms with Crippen LogP contribution in [-0.4, -0.2) is 17.7 Å². The second-order valence-corrected chi connectivity index (χ2v) is 5.20. The first-order valence-electron chi connectivity index (χ1n) is 6.74. The lowest BCUT2D eigenvalue weighted by atomic mass is 10.1. The summed E-state index contributed by atoms with van der Waals surface area (Å²) in [4.78, 5) is 25.6. The van der Waals surface area contributed by atoms with Crippen molar-refractivity contribution in [2.75, 3.05) is 4.90 Å². The van der Waals surface area contributed by atoms with E-state index in [-0.39, 0.29) is 11.8 Å². The van der Waals surface area contributed by atoms with Crippen LogP contribution in [0.3, 0.4) is 0 Å². The molecule has 0 aliphatic carbocycles. The zero-order valence-corrected chi connectivity index (χ0v) is 12.6. The molecule has 23 heavy (non-hydrogen) atoms. The van der Waals surface area contributed by atoms with E-state index < -0.39 is 11.7 Å². The molecule has 1 amide bonds. The molecule has 0 radical (unpaired) electrons. The summed E-state index contributed by atoms with van der Waals surface area (Å²) in [5, 5.41) is 8.31. The fourth-order valence-electron chi connectivity index (χ4n) is 2.12. The zero-order valence-electron chi connectivity index (χ0n) is 11.8. The Labute approximate surface area is 137 Å².